The molecular formula is C18H5Cl10NO. The molecule has 158 valence electrons. The molecule has 0 fully saturated rings. The van der Waals surface area contributed by atoms with E-state index in [0.717, 1.165) is 0 Å². The highest BCUT2D eigenvalue weighted by molar-refractivity contribution is 6.57. The molecule has 0 aliphatic carbocycles. The van der Waals surface area contributed by atoms with E-state index >= 15 is 0 Å². The summed E-state index contributed by atoms with van der Waals surface area (Å²) in [6.45, 7) is -0.392. The fourth-order valence-corrected chi connectivity index (χ4v) is 5.26. The molecular weight excluding hydrogens is 601 g/mol. The van der Waals surface area contributed by atoms with E-state index in [1.165, 1.54) is 0 Å². The van der Waals surface area contributed by atoms with Gasteiger partial charge in [-0.25, -0.2) is 4.98 Å². The van der Waals surface area contributed by atoms with Crippen LogP contribution in [0, 0.1) is 0 Å². The smallest absolute Gasteiger partial charge is 0.0809 e. The summed E-state index contributed by atoms with van der Waals surface area (Å²) in [5, 5.41) is 9.86. The van der Waals surface area contributed by atoms with Gasteiger partial charge in [0, 0.05) is 16.7 Å². The van der Waals surface area contributed by atoms with Crippen molar-refractivity contribution in [2.24, 2.45) is 0 Å². The van der Waals surface area contributed by atoms with E-state index in [9.17, 15) is 5.11 Å². The maximum Gasteiger partial charge on any atom is 0.0809 e. The Morgan fingerprint density at radius 1 is 0.533 bits per heavy atom. The summed E-state index contributed by atoms with van der Waals surface area (Å²) in [5.41, 5.74) is 1.20. The first-order chi connectivity index (χ1) is 14.0. The molecule has 2 nitrogen and oxygen atoms in total. The molecule has 0 amide bonds. The maximum atomic E-state index is 9.82. The van der Waals surface area contributed by atoms with Crippen LogP contribution in [-0.2, 0) is 6.61 Å². The Morgan fingerprint density at radius 3 is 1.30 bits per heavy atom. The monoisotopic (exact) mass is 601 g/mol. The molecule has 2 aromatic carbocycles. The molecule has 1 heterocycles. The number of halogens is 10. The average molecular weight is 606 g/mol. The number of nitrogens with zero attached hydrogens (tertiary/aromatic N) is 1. The molecule has 3 aromatic rings. The number of aliphatic hydroxyl groups is 1. The van der Waals surface area contributed by atoms with Crippen LogP contribution in [0.5, 0.6) is 0 Å². The maximum absolute atomic E-state index is 9.82. The molecule has 12 heteroatoms. The SMILES string of the molecule is OCc1ccc(-c2c(Cl)c(Cl)c(Cl)c(Cl)c2Cl)nc1-c1c(Cl)c(Cl)c(Cl)c(Cl)c1Cl. The highest BCUT2D eigenvalue weighted by Gasteiger charge is 2.26. The van der Waals surface area contributed by atoms with Crippen LogP contribution in [-0.4, -0.2) is 10.1 Å². The van der Waals surface area contributed by atoms with Crippen LogP contribution >= 0.6 is 116 Å². The second kappa shape index (κ2) is 9.75. The van der Waals surface area contributed by atoms with Crippen LogP contribution in [0.25, 0.3) is 22.5 Å². The number of rotatable bonds is 3. The first-order valence-electron chi connectivity index (χ1n) is 7.67. The third-order valence-electron chi connectivity index (χ3n) is 4.06. The van der Waals surface area contributed by atoms with Crippen molar-refractivity contribution in [2.45, 2.75) is 6.61 Å². The zero-order valence-electron chi connectivity index (χ0n) is 14.0. The Bertz CT molecular complexity index is 1140. The number of pyridine rings is 1. The quantitative estimate of drug-likeness (QED) is 0.238. The fourth-order valence-electron chi connectivity index (χ4n) is 2.61. The van der Waals surface area contributed by atoms with Gasteiger partial charge in [0.2, 0.25) is 0 Å². The Morgan fingerprint density at radius 2 is 0.900 bits per heavy atom. The molecule has 0 saturated carbocycles. The first kappa shape index (κ1) is 25.1. The van der Waals surface area contributed by atoms with Gasteiger partial charge in [0.15, 0.2) is 0 Å². The largest absolute Gasteiger partial charge is 0.392 e. The van der Waals surface area contributed by atoms with Gasteiger partial charge < -0.3 is 5.11 Å². The van der Waals surface area contributed by atoms with Crippen LogP contribution in [0.15, 0.2) is 12.1 Å². The molecule has 0 bridgehead atoms. The van der Waals surface area contributed by atoms with Crippen LogP contribution in [0.1, 0.15) is 5.56 Å². The molecule has 1 N–H and O–H groups in total. The van der Waals surface area contributed by atoms with E-state index in [1.54, 1.807) is 12.1 Å². The summed E-state index contributed by atoms with van der Waals surface area (Å²) < 4.78 is 0. The normalized spacial score (nSPS) is 11.3. The predicted octanol–water partition coefficient (Wildman–Crippen LogP) is 10.4. The van der Waals surface area contributed by atoms with Crippen molar-refractivity contribution in [3.05, 3.63) is 67.9 Å². The van der Waals surface area contributed by atoms with Crippen LogP contribution < -0.4 is 0 Å². The highest BCUT2D eigenvalue weighted by atomic mass is 35.5. The van der Waals surface area contributed by atoms with Gasteiger partial charge in [-0.3, -0.25) is 0 Å². The molecule has 1 aromatic heterocycles. The Balaban J connectivity index is 2.40. The summed E-state index contributed by atoms with van der Waals surface area (Å²) in [6.07, 6.45) is 0. The molecule has 0 atom stereocenters. The van der Waals surface area contributed by atoms with E-state index in [0.29, 0.717) is 5.56 Å². The van der Waals surface area contributed by atoms with Gasteiger partial charge in [0.05, 0.1) is 68.2 Å². The summed E-state index contributed by atoms with van der Waals surface area (Å²) in [5.74, 6) is 0. The summed E-state index contributed by atoms with van der Waals surface area (Å²) in [6, 6.07) is 3.13. The average Bonchev–Trinajstić information content (AvgIpc) is 2.74. The summed E-state index contributed by atoms with van der Waals surface area (Å²) >= 11 is 62.3. The second-order valence-corrected chi connectivity index (χ2v) is 9.53. The van der Waals surface area contributed by atoms with Gasteiger partial charge in [-0.2, -0.15) is 0 Å². The van der Waals surface area contributed by atoms with Crippen molar-refractivity contribution in [1.82, 2.24) is 4.98 Å². The standard InChI is InChI=1S/C18H5Cl10NO/c19-8-6(9(20)13(24)16(27)12(8)23)5-2-1-4(3-30)18(29-5)7-10(21)14(25)17(28)15(26)11(7)22/h1-2,30H,3H2. The second-order valence-electron chi connectivity index (χ2n) is 5.75. The molecule has 30 heavy (non-hydrogen) atoms. The van der Waals surface area contributed by atoms with Gasteiger partial charge in [-0.1, -0.05) is 122 Å². The molecule has 0 unspecified atom stereocenters. The number of hydrogen-bond acceptors (Lipinski definition) is 2. The Kier molecular flexibility index (Phi) is 8.15. The zero-order chi connectivity index (χ0) is 22.5. The molecule has 0 aliphatic rings. The van der Waals surface area contributed by atoms with Crippen molar-refractivity contribution in [3.8, 4) is 22.5 Å². The Labute approximate surface area is 221 Å². The van der Waals surface area contributed by atoms with E-state index in [1.807, 2.05) is 0 Å². The van der Waals surface area contributed by atoms with Crippen molar-refractivity contribution in [2.75, 3.05) is 0 Å². The number of aromatic nitrogens is 1. The van der Waals surface area contributed by atoms with E-state index < -0.39 is 6.61 Å². The van der Waals surface area contributed by atoms with Crippen molar-refractivity contribution < 1.29 is 5.11 Å². The lowest BCUT2D eigenvalue weighted by Crippen LogP contribution is -1.99. The minimum absolute atomic E-state index is 0.000202. The number of hydrogen-bond donors (Lipinski definition) is 1. The Hall–Kier alpha value is 0.450. The fraction of sp³-hybridized carbons (Fsp3) is 0.0556. The lowest BCUT2D eigenvalue weighted by molar-refractivity contribution is 0.282. The first-order valence-corrected chi connectivity index (χ1v) is 11.4. The lowest BCUT2D eigenvalue weighted by Gasteiger charge is -2.17. The van der Waals surface area contributed by atoms with E-state index in [-0.39, 0.29) is 72.7 Å². The van der Waals surface area contributed by atoms with Gasteiger partial charge in [-0.05, 0) is 6.07 Å². The molecule has 0 saturated heterocycles. The lowest BCUT2D eigenvalue weighted by atomic mass is 10.0. The van der Waals surface area contributed by atoms with Crippen LogP contribution in [0.2, 0.25) is 50.2 Å². The van der Waals surface area contributed by atoms with Gasteiger partial charge in [0.1, 0.15) is 0 Å². The van der Waals surface area contributed by atoms with E-state index in [4.69, 9.17) is 116 Å². The molecule has 0 radical (unpaired) electrons. The van der Waals surface area contributed by atoms with Crippen molar-refractivity contribution in [1.29, 1.82) is 0 Å². The molecule has 3 rings (SSSR count). The number of benzene rings is 2. The van der Waals surface area contributed by atoms with Crippen LogP contribution in [0.3, 0.4) is 0 Å². The van der Waals surface area contributed by atoms with Gasteiger partial charge in [-0.15, -0.1) is 0 Å². The topological polar surface area (TPSA) is 33.1 Å². The predicted molar refractivity (Wildman–Crippen MR) is 131 cm³/mol. The van der Waals surface area contributed by atoms with Gasteiger partial charge in [0.25, 0.3) is 0 Å². The third-order valence-corrected chi connectivity index (χ3v) is 8.62. The summed E-state index contributed by atoms with van der Waals surface area (Å²) in [4.78, 5) is 4.53. The van der Waals surface area contributed by atoms with Crippen molar-refractivity contribution in [3.63, 3.8) is 0 Å². The minimum atomic E-state index is -0.392. The third kappa shape index (κ3) is 4.20. The molecule has 0 spiro atoms. The van der Waals surface area contributed by atoms with Gasteiger partial charge >= 0.3 is 0 Å². The minimum Gasteiger partial charge on any atom is -0.392 e. The summed E-state index contributed by atoms with van der Waals surface area (Å²) in [7, 11) is 0. The van der Waals surface area contributed by atoms with Crippen LogP contribution in [0.4, 0.5) is 0 Å². The number of aliphatic hydroxyl groups excluding tert-OH is 1. The van der Waals surface area contributed by atoms with Crippen molar-refractivity contribution >= 4 is 116 Å². The highest BCUT2D eigenvalue weighted by Crippen LogP contribution is 2.51. The van der Waals surface area contributed by atoms with E-state index in [2.05, 4.69) is 4.98 Å². The zero-order valence-corrected chi connectivity index (χ0v) is 21.6. The molecule has 0 aliphatic heterocycles.